The smallest absolute Gasteiger partial charge is 0.408 e. The number of aromatic nitrogens is 2. The fraction of sp³-hybridized carbons (Fsp3) is 0.290. The average molecular weight is 510 g/mol. The molecule has 0 spiro atoms. The molecule has 2 aromatic heterocycles. The molecule has 1 fully saturated rings. The molecular formula is C31H33N4O3+. The lowest BCUT2D eigenvalue weighted by molar-refractivity contribution is 0.0377. The molecule has 7 heteroatoms. The Morgan fingerprint density at radius 3 is 2.32 bits per heavy atom. The first-order valence-electron chi connectivity index (χ1n) is 13.0. The zero-order valence-electron chi connectivity index (χ0n) is 22.1. The molecule has 1 saturated carbocycles. The summed E-state index contributed by atoms with van der Waals surface area (Å²) in [5, 5.41) is 5.88. The van der Waals surface area contributed by atoms with Gasteiger partial charge < -0.3 is 15.4 Å². The number of ether oxygens (including phenoxy) is 1. The van der Waals surface area contributed by atoms with Crippen molar-refractivity contribution >= 4 is 17.6 Å². The third-order valence-corrected chi connectivity index (χ3v) is 6.87. The van der Waals surface area contributed by atoms with Crippen molar-refractivity contribution in [2.24, 2.45) is 0 Å². The highest BCUT2D eigenvalue weighted by atomic mass is 16.6. The van der Waals surface area contributed by atoms with Gasteiger partial charge in [0.15, 0.2) is 6.54 Å². The van der Waals surface area contributed by atoms with Crippen LogP contribution in [0.1, 0.15) is 56.0 Å². The molecule has 4 aromatic rings. The summed E-state index contributed by atoms with van der Waals surface area (Å²) in [5.41, 5.74) is 5.04. The molecule has 0 atom stereocenters. The van der Waals surface area contributed by atoms with E-state index in [1.54, 1.807) is 6.07 Å². The molecule has 0 bridgehead atoms. The van der Waals surface area contributed by atoms with E-state index in [1.165, 1.54) is 0 Å². The van der Waals surface area contributed by atoms with E-state index in [0.717, 1.165) is 53.0 Å². The molecule has 2 amide bonds. The number of imidazole rings is 1. The van der Waals surface area contributed by atoms with Crippen LogP contribution >= 0.6 is 0 Å². The minimum absolute atomic E-state index is 0.177. The highest BCUT2D eigenvalue weighted by molar-refractivity contribution is 5.94. The quantitative estimate of drug-likeness (QED) is 0.306. The van der Waals surface area contributed by atoms with Crippen molar-refractivity contribution in [1.29, 1.82) is 0 Å². The number of fused-ring (bicyclic) bond motifs is 1. The van der Waals surface area contributed by atoms with E-state index in [1.807, 2.05) is 67.8 Å². The van der Waals surface area contributed by atoms with E-state index in [9.17, 15) is 9.59 Å². The van der Waals surface area contributed by atoms with Gasteiger partial charge in [-0.15, -0.1) is 0 Å². The van der Waals surface area contributed by atoms with Crippen LogP contribution in [0.25, 0.3) is 28.2 Å². The molecule has 194 valence electrons. The zero-order valence-corrected chi connectivity index (χ0v) is 22.1. The van der Waals surface area contributed by atoms with Gasteiger partial charge in [0.2, 0.25) is 0 Å². The van der Waals surface area contributed by atoms with Crippen molar-refractivity contribution in [1.82, 2.24) is 20.0 Å². The minimum Gasteiger partial charge on any atom is -0.444 e. The Morgan fingerprint density at radius 2 is 1.71 bits per heavy atom. The molecule has 1 aliphatic rings. The number of carbonyl (C=O) groups is 2. The van der Waals surface area contributed by atoms with E-state index in [2.05, 4.69) is 41.8 Å². The number of nitrogens with one attached hydrogen (secondary N) is 2. The summed E-state index contributed by atoms with van der Waals surface area (Å²) in [7, 11) is 0. The lowest BCUT2D eigenvalue weighted by atomic mass is 9.71. The number of hydrogen-bond donors (Lipinski definition) is 2. The molecule has 2 heterocycles. The van der Waals surface area contributed by atoms with Crippen molar-refractivity contribution in [3.05, 3.63) is 91.0 Å². The number of alkyl carbamates (subject to hydrolysis) is 1. The topological polar surface area (TPSA) is 84.7 Å². The number of amides is 2. The van der Waals surface area contributed by atoms with Gasteiger partial charge in [0.1, 0.15) is 11.2 Å². The van der Waals surface area contributed by atoms with E-state index >= 15 is 0 Å². The molecule has 0 unspecified atom stereocenters. The minimum atomic E-state index is -0.552. The Kier molecular flexibility index (Phi) is 6.61. The van der Waals surface area contributed by atoms with Crippen LogP contribution in [-0.2, 0) is 10.3 Å². The Balaban J connectivity index is 1.53. The fourth-order valence-corrected chi connectivity index (χ4v) is 4.93. The normalized spacial score (nSPS) is 14.5. The molecule has 5 rings (SSSR count). The number of benzene rings is 2. The van der Waals surface area contributed by atoms with Crippen molar-refractivity contribution in [2.45, 2.75) is 51.2 Å². The van der Waals surface area contributed by atoms with Gasteiger partial charge in [0, 0.05) is 17.3 Å². The molecule has 0 saturated heterocycles. The summed E-state index contributed by atoms with van der Waals surface area (Å²) < 4.78 is 7.50. The summed E-state index contributed by atoms with van der Waals surface area (Å²) >= 11 is 0. The van der Waals surface area contributed by atoms with Gasteiger partial charge in [-0.3, -0.25) is 9.20 Å². The predicted octanol–water partition coefficient (Wildman–Crippen LogP) is 6.14. The van der Waals surface area contributed by atoms with Gasteiger partial charge in [-0.05, 0) is 57.7 Å². The SMILES string of the molecule is [CH2+]CNC(=O)c1ccc2nc(-c3ccc(C4(NC(=O)OC(C)(C)C)CCC4)cc3)c(-c3ccccc3)n2c1. The average Bonchev–Trinajstić information content (AvgIpc) is 3.25. The maximum absolute atomic E-state index is 12.6. The van der Waals surface area contributed by atoms with Crippen LogP contribution in [0.4, 0.5) is 4.79 Å². The Bertz CT molecular complexity index is 1460. The van der Waals surface area contributed by atoms with Crippen molar-refractivity contribution in [2.75, 3.05) is 6.54 Å². The second-order valence-electron chi connectivity index (χ2n) is 10.7. The largest absolute Gasteiger partial charge is 0.444 e. The van der Waals surface area contributed by atoms with Crippen molar-refractivity contribution in [3.8, 4) is 22.5 Å². The number of hydrogen-bond acceptors (Lipinski definition) is 4. The summed E-state index contributed by atoms with van der Waals surface area (Å²) in [4.78, 5) is 30.0. The Hall–Kier alpha value is -4.26. The second-order valence-corrected chi connectivity index (χ2v) is 10.7. The third kappa shape index (κ3) is 4.96. The number of pyridine rings is 1. The maximum atomic E-state index is 12.6. The fourth-order valence-electron chi connectivity index (χ4n) is 4.93. The first kappa shape index (κ1) is 25.4. The molecule has 0 aliphatic heterocycles. The number of carbonyl (C=O) groups excluding carboxylic acids is 2. The summed E-state index contributed by atoms with van der Waals surface area (Å²) in [6.07, 6.45) is 4.21. The van der Waals surface area contributed by atoms with Gasteiger partial charge >= 0.3 is 6.09 Å². The van der Waals surface area contributed by atoms with E-state index in [0.29, 0.717) is 12.1 Å². The first-order chi connectivity index (χ1) is 18.2. The van der Waals surface area contributed by atoms with Gasteiger partial charge in [-0.2, -0.15) is 0 Å². The lowest BCUT2D eigenvalue weighted by Gasteiger charge is -2.43. The van der Waals surface area contributed by atoms with Gasteiger partial charge in [-0.1, -0.05) is 54.6 Å². The maximum Gasteiger partial charge on any atom is 0.408 e. The van der Waals surface area contributed by atoms with Crippen LogP contribution in [0.2, 0.25) is 0 Å². The van der Waals surface area contributed by atoms with Crippen LogP contribution in [0.5, 0.6) is 0 Å². The Labute approximate surface area is 223 Å². The van der Waals surface area contributed by atoms with Crippen molar-refractivity contribution < 1.29 is 14.3 Å². The summed E-state index contributed by atoms with van der Waals surface area (Å²) in [6.45, 7) is 9.62. The van der Waals surface area contributed by atoms with Gasteiger partial charge in [-0.25, -0.2) is 9.78 Å². The standard InChI is InChI=1S/C31H32N4O3/c1-5-32-28(36)23-14-17-25-33-26(27(35(25)20-23)22-10-7-6-8-11-22)21-12-15-24(16-13-21)31(18-9-19-31)34-29(37)38-30(2,3)4/h6-8,10-17,20H,1,5,9,18-19H2,2-4H3,(H-,32,34,36,37)/p+1. The predicted molar refractivity (Wildman–Crippen MR) is 149 cm³/mol. The number of nitrogens with zero attached hydrogens (tertiary/aromatic N) is 2. The number of rotatable bonds is 6. The summed E-state index contributed by atoms with van der Waals surface area (Å²) in [6, 6.07) is 21.9. The highest BCUT2D eigenvalue weighted by Crippen LogP contribution is 2.42. The van der Waals surface area contributed by atoms with Crippen molar-refractivity contribution in [3.63, 3.8) is 0 Å². The monoisotopic (exact) mass is 509 g/mol. The molecule has 2 aromatic carbocycles. The molecule has 2 N–H and O–H groups in total. The van der Waals surface area contributed by atoms with Gasteiger partial charge in [0.25, 0.3) is 5.91 Å². The molecule has 7 nitrogen and oxygen atoms in total. The van der Waals surface area contributed by atoms with Crippen LogP contribution < -0.4 is 10.6 Å². The van der Waals surface area contributed by atoms with E-state index in [4.69, 9.17) is 9.72 Å². The van der Waals surface area contributed by atoms with E-state index < -0.39 is 17.2 Å². The first-order valence-corrected chi connectivity index (χ1v) is 13.0. The van der Waals surface area contributed by atoms with Crippen LogP contribution in [0.15, 0.2) is 72.9 Å². The lowest BCUT2D eigenvalue weighted by Crippen LogP contribution is -2.52. The summed E-state index contributed by atoms with van der Waals surface area (Å²) in [5.74, 6) is -0.177. The van der Waals surface area contributed by atoms with Crippen LogP contribution in [0.3, 0.4) is 0 Å². The molecule has 1 aliphatic carbocycles. The van der Waals surface area contributed by atoms with Gasteiger partial charge in [0.05, 0.1) is 29.4 Å². The van der Waals surface area contributed by atoms with Crippen LogP contribution in [-0.4, -0.2) is 33.5 Å². The second kappa shape index (κ2) is 9.89. The van der Waals surface area contributed by atoms with E-state index in [-0.39, 0.29) is 5.91 Å². The van der Waals surface area contributed by atoms with Crippen LogP contribution in [0, 0.1) is 6.92 Å². The zero-order chi connectivity index (χ0) is 26.9. The highest BCUT2D eigenvalue weighted by Gasteiger charge is 2.41. The molecule has 38 heavy (non-hydrogen) atoms. The third-order valence-electron chi connectivity index (χ3n) is 6.87. The molecular weight excluding hydrogens is 476 g/mol. The molecule has 0 radical (unpaired) electrons. The Morgan fingerprint density at radius 1 is 1.00 bits per heavy atom.